The average molecular weight is 185 g/mol. The lowest BCUT2D eigenvalue weighted by atomic mass is 10.3. The molecule has 2 nitrogen and oxygen atoms in total. The molecule has 0 heterocycles. The number of nitrogens with zero attached hydrogens (tertiary/aromatic N) is 1. The van der Waals surface area contributed by atoms with Gasteiger partial charge in [-0.25, -0.2) is 0 Å². The molecule has 0 amide bonds. The molecule has 0 rings (SSSR count). The van der Waals surface area contributed by atoms with E-state index in [4.69, 9.17) is 0 Å². The summed E-state index contributed by atoms with van der Waals surface area (Å²) in [6.07, 6.45) is 2.49. The summed E-state index contributed by atoms with van der Waals surface area (Å²) in [5, 5.41) is 3.26. The minimum atomic E-state index is 1.06. The zero-order valence-electron chi connectivity index (χ0n) is 9.69. The van der Waals surface area contributed by atoms with E-state index < -0.39 is 0 Å². The molecule has 0 aliphatic carbocycles. The summed E-state index contributed by atoms with van der Waals surface area (Å²) in [5.41, 5.74) is 1.07. The van der Waals surface area contributed by atoms with Crippen LogP contribution in [0.15, 0.2) is 12.3 Å². The van der Waals surface area contributed by atoms with Crippen LogP contribution in [0, 0.1) is 0 Å². The zero-order valence-corrected chi connectivity index (χ0v) is 9.69. The van der Waals surface area contributed by atoms with E-state index in [-0.39, 0.29) is 0 Å². The quantitative estimate of drug-likeness (QED) is 0.472. The van der Waals surface area contributed by atoms with Crippen LogP contribution in [0.1, 0.15) is 26.7 Å². The molecule has 78 valence electrons. The molecular formula is C11H25N2+. The summed E-state index contributed by atoms with van der Waals surface area (Å²) in [7, 11) is 4.59. The van der Waals surface area contributed by atoms with E-state index in [9.17, 15) is 0 Å². The van der Waals surface area contributed by atoms with E-state index in [2.05, 4.69) is 32.9 Å². The maximum atomic E-state index is 3.81. The van der Waals surface area contributed by atoms with Crippen LogP contribution in [0.4, 0.5) is 0 Å². The van der Waals surface area contributed by atoms with Crippen molar-refractivity contribution >= 4 is 0 Å². The molecule has 0 saturated carbocycles. The lowest BCUT2D eigenvalue weighted by Crippen LogP contribution is -2.41. The van der Waals surface area contributed by atoms with E-state index >= 15 is 0 Å². The van der Waals surface area contributed by atoms with Gasteiger partial charge in [-0.3, -0.25) is 0 Å². The van der Waals surface area contributed by atoms with Crippen LogP contribution >= 0.6 is 0 Å². The maximum Gasteiger partial charge on any atom is 0.0799 e. The number of hydrogen-bond donors (Lipinski definition) is 1. The summed E-state index contributed by atoms with van der Waals surface area (Å²) in [6.45, 7) is 11.6. The van der Waals surface area contributed by atoms with Crippen LogP contribution in [0.25, 0.3) is 0 Å². The molecule has 0 saturated heterocycles. The fourth-order valence-electron chi connectivity index (χ4n) is 1.53. The number of nitrogens with one attached hydrogen (secondary N) is 1. The normalized spacial score (nSPS) is 11.4. The second-order valence-electron chi connectivity index (χ2n) is 4.44. The Kier molecular flexibility index (Phi) is 5.80. The van der Waals surface area contributed by atoms with Crippen molar-refractivity contribution in [3.63, 3.8) is 0 Å². The van der Waals surface area contributed by atoms with Crippen LogP contribution in [0.5, 0.6) is 0 Å². The van der Waals surface area contributed by atoms with Gasteiger partial charge in [-0.05, 0) is 13.3 Å². The van der Waals surface area contributed by atoms with Crippen LogP contribution in [-0.2, 0) is 0 Å². The predicted octanol–water partition coefficient (Wildman–Crippen LogP) is 1.99. The highest BCUT2D eigenvalue weighted by molar-refractivity contribution is 4.83. The third-order valence-electron chi connectivity index (χ3n) is 2.20. The van der Waals surface area contributed by atoms with E-state index in [1.165, 1.54) is 25.9 Å². The SMILES string of the molecule is C=C(C)NCCC[N+](C)(C)CCC. The van der Waals surface area contributed by atoms with Gasteiger partial charge in [-0.2, -0.15) is 0 Å². The summed E-state index contributed by atoms with van der Waals surface area (Å²) < 4.78 is 1.13. The van der Waals surface area contributed by atoms with Crippen molar-refractivity contribution in [2.45, 2.75) is 26.7 Å². The molecule has 13 heavy (non-hydrogen) atoms. The molecule has 0 spiro atoms. The van der Waals surface area contributed by atoms with Crippen molar-refractivity contribution in [3.05, 3.63) is 12.3 Å². The molecule has 0 aliphatic rings. The monoisotopic (exact) mass is 185 g/mol. The van der Waals surface area contributed by atoms with Crippen molar-refractivity contribution in [1.82, 2.24) is 5.32 Å². The van der Waals surface area contributed by atoms with Crippen molar-refractivity contribution in [3.8, 4) is 0 Å². The van der Waals surface area contributed by atoms with Gasteiger partial charge in [0.15, 0.2) is 0 Å². The van der Waals surface area contributed by atoms with Crippen molar-refractivity contribution < 1.29 is 4.48 Å². The lowest BCUT2D eigenvalue weighted by molar-refractivity contribution is -0.890. The van der Waals surface area contributed by atoms with Crippen LogP contribution < -0.4 is 5.32 Å². The average Bonchev–Trinajstić information content (AvgIpc) is 1.98. The molecule has 0 aromatic rings. The van der Waals surface area contributed by atoms with Gasteiger partial charge in [-0.15, -0.1) is 0 Å². The summed E-state index contributed by atoms with van der Waals surface area (Å²) in [4.78, 5) is 0. The summed E-state index contributed by atoms with van der Waals surface area (Å²) >= 11 is 0. The van der Waals surface area contributed by atoms with E-state index in [0.29, 0.717) is 0 Å². The Balaban J connectivity index is 3.45. The highest BCUT2D eigenvalue weighted by Crippen LogP contribution is 2.00. The van der Waals surface area contributed by atoms with Crippen LogP contribution in [0.2, 0.25) is 0 Å². The first-order valence-corrected chi connectivity index (χ1v) is 5.19. The molecule has 0 unspecified atom stereocenters. The first-order chi connectivity index (χ1) is 5.98. The molecule has 0 radical (unpaired) electrons. The van der Waals surface area contributed by atoms with Gasteiger partial charge in [0.2, 0.25) is 0 Å². The fraction of sp³-hybridized carbons (Fsp3) is 0.818. The molecular weight excluding hydrogens is 160 g/mol. The second kappa shape index (κ2) is 6.03. The lowest BCUT2D eigenvalue weighted by Gasteiger charge is -2.29. The minimum absolute atomic E-state index is 1.06. The standard InChI is InChI=1S/C11H25N2/c1-6-9-13(4,5)10-7-8-12-11(2)3/h12H,2,6-10H2,1,3-5H3/q+1. The Labute approximate surface area is 83.2 Å². The number of rotatable bonds is 7. The van der Waals surface area contributed by atoms with E-state index in [0.717, 1.165) is 16.7 Å². The minimum Gasteiger partial charge on any atom is -0.389 e. The van der Waals surface area contributed by atoms with E-state index in [1.807, 2.05) is 6.92 Å². The van der Waals surface area contributed by atoms with Gasteiger partial charge in [0.1, 0.15) is 0 Å². The Morgan fingerprint density at radius 3 is 2.38 bits per heavy atom. The molecule has 0 aromatic heterocycles. The Bertz CT molecular complexity index is 150. The van der Waals surface area contributed by atoms with Gasteiger partial charge in [-0.1, -0.05) is 13.5 Å². The van der Waals surface area contributed by atoms with Crippen LogP contribution in [0.3, 0.4) is 0 Å². The Morgan fingerprint density at radius 2 is 1.92 bits per heavy atom. The zero-order chi connectivity index (χ0) is 10.3. The molecule has 1 N–H and O–H groups in total. The van der Waals surface area contributed by atoms with Gasteiger partial charge in [0.25, 0.3) is 0 Å². The van der Waals surface area contributed by atoms with Gasteiger partial charge in [0.05, 0.1) is 27.2 Å². The van der Waals surface area contributed by atoms with E-state index in [1.54, 1.807) is 0 Å². The topological polar surface area (TPSA) is 12.0 Å². The summed E-state index contributed by atoms with van der Waals surface area (Å²) in [6, 6.07) is 0. The first-order valence-electron chi connectivity index (χ1n) is 5.19. The molecule has 0 aromatic carbocycles. The maximum absolute atomic E-state index is 3.81. The largest absolute Gasteiger partial charge is 0.389 e. The highest BCUT2D eigenvalue weighted by atomic mass is 15.3. The number of quaternary nitrogens is 1. The third kappa shape index (κ3) is 7.85. The Hall–Kier alpha value is -0.500. The first kappa shape index (κ1) is 12.5. The molecule has 2 heteroatoms. The molecule has 0 atom stereocenters. The molecule has 0 bridgehead atoms. The second-order valence-corrected chi connectivity index (χ2v) is 4.44. The van der Waals surface area contributed by atoms with Crippen LogP contribution in [-0.4, -0.2) is 38.2 Å². The highest BCUT2D eigenvalue weighted by Gasteiger charge is 2.11. The van der Waals surface area contributed by atoms with Gasteiger partial charge >= 0.3 is 0 Å². The Morgan fingerprint density at radius 1 is 1.31 bits per heavy atom. The van der Waals surface area contributed by atoms with Crippen molar-refractivity contribution in [2.75, 3.05) is 33.7 Å². The van der Waals surface area contributed by atoms with Crippen molar-refractivity contribution in [2.24, 2.45) is 0 Å². The molecule has 0 fully saturated rings. The van der Waals surface area contributed by atoms with Crippen molar-refractivity contribution in [1.29, 1.82) is 0 Å². The smallest absolute Gasteiger partial charge is 0.0799 e. The van der Waals surface area contributed by atoms with Gasteiger partial charge < -0.3 is 9.80 Å². The third-order valence-corrected chi connectivity index (χ3v) is 2.20. The number of allylic oxidation sites excluding steroid dienone is 1. The predicted molar refractivity (Wildman–Crippen MR) is 59.6 cm³/mol. The fourth-order valence-corrected chi connectivity index (χ4v) is 1.53. The molecule has 0 aliphatic heterocycles. The summed E-state index contributed by atoms with van der Waals surface area (Å²) in [5.74, 6) is 0. The number of hydrogen-bond acceptors (Lipinski definition) is 1. The van der Waals surface area contributed by atoms with Gasteiger partial charge in [0, 0.05) is 18.7 Å².